The van der Waals surface area contributed by atoms with Crippen LogP contribution in [0.25, 0.3) is 0 Å². The summed E-state index contributed by atoms with van der Waals surface area (Å²) in [5.74, 6) is 4.21. The molecule has 7 atom stereocenters. The zero-order chi connectivity index (χ0) is 17.1. The minimum atomic E-state index is -0.202. The molecule has 0 spiro atoms. The smallest absolute Gasteiger partial charge is 0.0723 e. The molecular formula is C22H35NO. The van der Waals surface area contributed by atoms with Crippen molar-refractivity contribution in [2.75, 3.05) is 0 Å². The first kappa shape index (κ1) is 18.0. The molecule has 0 aromatic heterocycles. The highest BCUT2D eigenvalue weighted by atomic mass is 16.3. The van der Waals surface area contributed by atoms with Crippen molar-refractivity contribution in [3.8, 4) is 6.07 Å². The second-order valence-corrected chi connectivity index (χ2v) is 8.61. The molecule has 0 aliphatic heterocycles. The second kappa shape index (κ2) is 8.05. The summed E-state index contributed by atoms with van der Waals surface area (Å²) in [5.41, 5.74) is 1.58. The monoisotopic (exact) mass is 329 g/mol. The number of aliphatic hydroxyl groups excluding tert-OH is 1. The van der Waals surface area contributed by atoms with Crippen molar-refractivity contribution in [3.63, 3.8) is 0 Å². The molecule has 2 heteroatoms. The Bertz CT molecular complexity index is 491. The first-order valence-corrected chi connectivity index (χ1v) is 10.5. The van der Waals surface area contributed by atoms with Gasteiger partial charge in [-0.25, -0.2) is 0 Å². The minimum Gasteiger partial charge on any atom is -0.389 e. The Balaban J connectivity index is 1.90. The van der Waals surface area contributed by atoms with Crippen LogP contribution in [0.2, 0.25) is 0 Å². The van der Waals surface area contributed by atoms with E-state index in [0.29, 0.717) is 5.92 Å². The normalized spacial score (nSPS) is 43.2. The molecule has 2 nitrogen and oxygen atoms in total. The maximum Gasteiger partial charge on any atom is 0.0723 e. The molecule has 2 fully saturated rings. The molecule has 24 heavy (non-hydrogen) atoms. The van der Waals surface area contributed by atoms with Gasteiger partial charge in [-0.3, -0.25) is 0 Å². The first-order valence-electron chi connectivity index (χ1n) is 10.5. The van der Waals surface area contributed by atoms with E-state index in [4.69, 9.17) is 0 Å². The number of nitrogens with zero attached hydrogens (tertiary/aromatic N) is 1. The van der Waals surface area contributed by atoms with Gasteiger partial charge in [0.2, 0.25) is 0 Å². The number of nitriles is 1. The van der Waals surface area contributed by atoms with E-state index in [1.165, 1.54) is 44.9 Å². The van der Waals surface area contributed by atoms with E-state index in [0.717, 1.165) is 42.9 Å². The Morgan fingerprint density at radius 3 is 2.54 bits per heavy atom. The number of hydrogen-bond donors (Lipinski definition) is 1. The molecule has 3 rings (SSSR count). The lowest BCUT2D eigenvalue weighted by Gasteiger charge is -2.49. The highest BCUT2D eigenvalue weighted by Crippen LogP contribution is 2.53. The van der Waals surface area contributed by atoms with Crippen LogP contribution >= 0.6 is 0 Å². The van der Waals surface area contributed by atoms with Gasteiger partial charge in [-0.05, 0) is 74.5 Å². The third kappa shape index (κ3) is 3.57. The molecule has 7 unspecified atom stereocenters. The Labute approximate surface area is 148 Å². The predicted octanol–water partition coefficient (Wildman–Crippen LogP) is 5.48. The number of hydrogen-bond acceptors (Lipinski definition) is 2. The van der Waals surface area contributed by atoms with E-state index in [1.807, 2.05) is 0 Å². The molecule has 0 aromatic carbocycles. The maximum atomic E-state index is 10.1. The van der Waals surface area contributed by atoms with Crippen LogP contribution in [-0.4, -0.2) is 11.2 Å². The zero-order valence-electron chi connectivity index (χ0n) is 15.6. The first-order chi connectivity index (χ1) is 11.7. The van der Waals surface area contributed by atoms with Crippen LogP contribution < -0.4 is 0 Å². The number of aliphatic hydroxyl groups is 1. The largest absolute Gasteiger partial charge is 0.389 e. The molecule has 3 aliphatic rings. The second-order valence-electron chi connectivity index (χ2n) is 8.61. The van der Waals surface area contributed by atoms with Gasteiger partial charge in [0.1, 0.15) is 0 Å². The summed E-state index contributed by atoms with van der Waals surface area (Å²) in [4.78, 5) is 0. The van der Waals surface area contributed by atoms with E-state index in [2.05, 4.69) is 26.0 Å². The summed E-state index contributed by atoms with van der Waals surface area (Å²) >= 11 is 0. The van der Waals surface area contributed by atoms with Gasteiger partial charge in [0.15, 0.2) is 0 Å². The van der Waals surface area contributed by atoms with E-state index in [1.54, 1.807) is 5.57 Å². The lowest BCUT2D eigenvalue weighted by Crippen LogP contribution is -2.41. The van der Waals surface area contributed by atoms with E-state index < -0.39 is 0 Å². The van der Waals surface area contributed by atoms with Crippen LogP contribution in [0.3, 0.4) is 0 Å². The standard InChI is InChI=1S/C22H35NO/c1-3-16-9-8-15(14-23)6-5-7-21-20-11-10-19(24)13-18(20)12-17(4-2)22(16)21/h13,15-17,19-22,24H,3-12H2,1-2H3. The van der Waals surface area contributed by atoms with Crippen LogP contribution in [0, 0.1) is 46.8 Å². The lowest BCUT2D eigenvalue weighted by atomic mass is 9.56. The van der Waals surface area contributed by atoms with Crippen molar-refractivity contribution in [1.82, 2.24) is 0 Å². The van der Waals surface area contributed by atoms with Gasteiger partial charge in [-0.2, -0.15) is 5.26 Å². The predicted molar refractivity (Wildman–Crippen MR) is 98.2 cm³/mol. The molecule has 0 heterocycles. The molecule has 0 amide bonds. The van der Waals surface area contributed by atoms with Gasteiger partial charge < -0.3 is 5.11 Å². The average molecular weight is 330 g/mol. The Morgan fingerprint density at radius 2 is 1.83 bits per heavy atom. The summed E-state index contributed by atoms with van der Waals surface area (Å²) in [6.45, 7) is 4.73. The molecule has 2 saturated carbocycles. The Morgan fingerprint density at radius 1 is 1.04 bits per heavy atom. The number of allylic oxidation sites excluding steroid dienone is 1. The van der Waals surface area contributed by atoms with Gasteiger partial charge >= 0.3 is 0 Å². The summed E-state index contributed by atoms with van der Waals surface area (Å²) in [7, 11) is 0. The molecule has 3 aliphatic carbocycles. The highest BCUT2D eigenvalue weighted by molar-refractivity contribution is 5.19. The van der Waals surface area contributed by atoms with Crippen LogP contribution in [-0.2, 0) is 0 Å². The summed E-state index contributed by atoms with van der Waals surface area (Å²) in [6.07, 6.45) is 13.9. The molecule has 0 bridgehead atoms. The van der Waals surface area contributed by atoms with E-state index in [-0.39, 0.29) is 12.0 Å². The van der Waals surface area contributed by atoms with Crippen LogP contribution in [0.15, 0.2) is 11.6 Å². The lowest BCUT2D eigenvalue weighted by molar-refractivity contribution is 0.0453. The number of fused-ring (bicyclic) bond motifs is 3. The molecule has 0 saturated heterocycles. The topological polar surface area (TPSA) is 44.0 Å². The maximum absolute atomic E-state index is 10.1. The fourth-order valence-corrected chi connectivity index (χ4v) is 6.26. The minimum absolute atomic E-state index is 0.202. The van der Waals surface area contributed by atoms with Crippen molar-refractivity contribution >= 4 is 0 Å². The van der Waals surface area contributed by atoms with Crippen LogP contribution in [0.5, 0.6) is 0 Å². The van der Waals surface area contributed by atoms with Crippen molar-refractivity contribution in [3.05, 3.63) is 11.6 Å². The molecule has 0 radical (unpaired) electrons. The van der Waals surface area contributed by atoms with Gasteiger partial charge in [-0.15, -0.1) is 0 Å². The van der Waals surface area contributed by atoms with Gasteiger partial charge in [0.25, 0.3) is 0 Å². The molecular weight excluding hydrogens is 294 g/mol. The fraction of sp³-hybridized carbons (Fsp3) is 0.864. The van der Waals surface area contributed by atoms with Crippen molar-refractivity contribution in [1.29, 1.82) is 5.26 Å². The Hall–Kier alpha value is -0.810. The molecule has 0 aromatic rings. The SMILES string of the molecule is CCC1CCC(C#N)CCCC2C3CCC(O)C=C3CC(CC)C12. The van der Waals surface area contributed by atoms with Crippen molar-refractivity contribution in [2.24, 2.45) is 35.5 Å². The number of rotatable bonds is 2. The van der Waals surface area contributed by atoms with Crippen LogP contribution in [0.1, 0.15) is 78.1 Å². The highest BCUT2D eigenvalue weighted by Gasteiger charge is 2.45. The summed E-state index contributed by atoms with van der Waals surface area (Å²) < 4.78 is 0. The summed E-state index contributed by atoms with van der Waals surface area (Å²) in [5, 5.41) is 19.5. The molecule has 134 valence electrons. The zero-order valence-corrected chi connectivity index (χ0v) is 15.6. The van der Waals surface area contributed by atoms with Crippen molar-refractivity contribution in [2.45, 2.75) is 84.2 Å². The third-order valence-electron chi connectivity index (χ3n) is 7.46. The van der Waals surface area contributed by atoms with Gasteiger partial charge in [-0.1, -0.05) is 44.8 Å². The quantitative estimate of drug-likeness (QED) is 0.682. The fourth-order valence-electron chi connectivity index (χ4n) is 6.26. The average Bonchev–Trinajstić information content (AvgIpc) is 2.68. The van der Waals surface area contributed by atoms with E-state index >= 15 is 0 Å². The van der Waals surface area contributed by atoms with Gasteiger partial charge in [0.05, 0.1) is 12.2 Å². The third-order valence-corrected chi connectivity index (χ3v) is 7.46. The summed E-state index contributed by atoms with van der Waals surface area (Å²) in [6, 6.07) is 2.57. The van der Waals surface area contributed by atoms with Crippen molar-refractivity contribution < 1.29 is 5.11 Å². The van der Waals surface area contributed by atoms with Crippen LogP contribution in [0.4, 0.5) is 0 Å². The van der Waals surface area contributed by atoms with E-state index in [9.17, 15) is 10.4 Å². The molecule has 1 N–H and O–H groups in total. The van der Waals surface area contributed by atoms with Gasteiger partial charge in [0, 0.05) is 5.92 Å². The Kier molecular flexibility index (Phi) is 6.03.